The van der Waals surface area contributed by atoms with Gasteiger partial charge in [-0.15, -0.1) is 0 Å². The van der Waals surface area contributed by atoms with E-state index in [0.29, 0.717) is 10.1 Å². The molecule has 0 saturated carbocycles. The number of fused-ring (bicyclic) bond motifs is 1. The lowest BCUT2D eigenvalue weighted by atomic mass is 10.1. The Morgan fingerprint density at radius 2 is 1.78 bits per heavy atom. The summed E-state index contributed by atoms with van der Waals surface area (Å²) in [5, 5.41) is -0.0367. The number of amides is 1. The van der Waals surface area contributed by atoms with Gasteiger partial charge in [-0.25, -0.2) is 17.5 Å². The van der Waals surface area contributed by atoms with E-state index in [9.17, 15) is 22.8 Å². The monoisotopic (exact) mass is 459 g/mol. The van der Waals surface area contributed by atoms with Gasteiger partial charge in [0.1, 0.15) is 28.3 Å². The summed E-state index contributed by atoms with van der Waals surface area (Å²) < 4.78 is 41.7. The Morgan fingerprint density at radius 3 is 2.34 bits per heavy atom. The van der Waals surface area contributed by atoms with E-state index in [2.05, 4.69) is 0 Å². The van der Waals surface area contributed by atoms with Crippen molar-refractivity contribution in [2.75, 3.05) is 17.2 Å². The van der Waals surface area contributed by atoms with E-state index in [1.807, 2.05) is 0 Å². The summed E-state index contributed by atoms with van der Waals surface area (Å²) in [4.78, 5) is 37.5. The number of hydrogen-bond donors (Lipinski definition) is 0. The molecule has 1 heterocycles. The van der Waals surface area contributed by atoms with Gasteiger partial charge in [-0.05, 0) is 32.0 Å². The molecule has 0 bridgehead atoms. The van der Waals surface area contributed by atoms with Crippen LogP contribution < -0.4 is 14.5 Å². The lowest BCUT2D eigenvalue weighted by Crippen LogP contribution is -2.34. The Balaban J connectivity index is 2.35. The van der Waals surface area contributed by atoms with Gasteiger partial charge in [-0.1, -0.05) is 18.2 Å². The number of sulfonamides is 1. The van der Waals surface area contributed by atoms with Crippen LogP contribution in [0.15, 0.2) is 51.7 Å². The number of ether oxygens (including phenoxy) is 2. The van der Waals surface area contributed by atoms with Gasteiger partial charge < -0.3 is 13.9 Å². The summed E-state index contributed by atoms with van der Waals surface area (Å²) in [6, 6.07) is 10.9. The minimum Gasteiger partial charge on any atom is -0.462 e. The molecular formula is C22H21NO8S. The molecule has 1 aromatic heterocycles. The first-order valence-electron chi connectivity index (χ1n) is 9.57. The van der Waals surface area contributed by atoms with Gasteiger partial charge in [0.25, 0.3) is 0 Å². The molecule has 10 heteroatoms. The van der Waals surface area contributed by atoms with Crippen molar-refractivity contribution in [2.24, 2.45) is 0 Å². The molecular weight excluding hydrogens is 438 g/mol. The van der Waals surface area contributed by atoms with Gasteiger partial charge >= 0.3 is 5.97 Å². The van der Waals surface area contributed by atoms with Crippen molar-refractivity contribution in [3.8, 4) is 11.5 Å². The number of aryl methyl sites for hydroxylation is 1. The number of para-hydroxylation sites is 1. The predicted molar refractivity (Wildman–Crippen MR) is 118 cm³/mol. The molecule has 0 saturated heterocycles. The molecule has 0 spiro atoms. The van der Waals surface area contributed by atoms with Crippen molar-refractivity contribution in [1.82, 2.24) is 0 Å². The highest BCUT2D eigenvalue weighted by Gasteiger charge is 2.28. The molecule has 3 rings (SSSR count). The zero-order valence-corrected chi connectivity index (χ0v) is 18.7. The molecule has 0 unspecified atom stereocenters. The van der Waals surface area contributed by atoms with E-state index in [1.165, 1.54) is 19.1 Å². The minimum atomic E-state index is -4.04. The van der Waals surface area contributed by atoms with Crippen molar-refractivity contribution >= 4 is 38.6 Å². The topological polar surface area (TPSA) is 120 Å². The summed E-state index contributed by atoms with van der Waals surface area (Å²) in [7, 11) is -4.04. The highest BCUT2D eigenvalue weighted by atomic mass is 32.2. The van der Waals surface area contributed by atoms with Crippen LogP contribution in [0.2, 0.25) is 0 Å². The zero-order chi connectivity index (χ0) is 23.6. The second-order valence-corrected chi connectivity index (χ2v) is 8.69. The predicted octanol–water partition coefficient (Wildman–Crippen LogP) is 3.38. The molecule has 32 heavy (non-hydrogen) atoms. The van der Waals surface area contributed by atoms with Crippen LogP contribution in [-0.4, -0.2) is 33.2 Å². The molecule has 0 fully saturated rings. The molecule has 0 aliphatic heterocycles. The Kier molecular flexibility index (Phi) is 6.35. The fourth-order valence-corrected chi connectivity index (χ4v) is 4.17. The van der Waals surface area contributed by atoms with E-state index in [-0.39, 0.29) is 40.3 Å². The maximum absolute atomic E-state index is 13.1. The van der Waals surface area contributed by atoms with Crippen molar-refractivity contribution in [3.63, 3.8) is 0 Å². The van der Waals surface area contributed by atoms with Crippen molar-refractivity contribution in [3.05, 3.63) is 64.0 Å². The number of rotatable bonds is 6. The summed E-state index contributed by atoms with van der Waals surface area (Å²) in [6.45, 7) is 4.18. The molecule has 1 amide bonds. The third-order valence-electron chi connectivity index (χ3n) is 4.43. The third-order valence-corrected chi connectivity index (χ3v) is 5.55. The smallest absolute Gasteiger partial charge is 0.345 e. The number of esters is 1. The highest BCUT2D eigenvalue weighted by molar-refractivity contribution is 7.92. The number of anilines is 1. The zero-order valence-electron chi connectivity index (χ0n) is 17.9. The normalized spacial score (nSPS) is 11.2. The molecule has 0 atom stereocenters. The fourth-order valence-electron chi connectivity index (χ4n) is 3.20. The Morgan fingerprint density at radius 1 is 1.12 bits per heavy atom. The highest BCUT2D eigenvalue weighted by Crippen LogP contribution is 2.37. The number of nitrogens with zero attached hydrogens (tertiary/aromatic N) is 1. The van der Waals surface area contributed by atoms with Crippen LogP contribution in [0, 0.1) is 6.92 Å². The molecule has 2 aromatic carbocycles. The van der Waals surface area contributed by atoms with Crippen LogP contribution in [0.5, 0.6) is 11.5 Å². The van der Waals surface area contributed by atoms with Gasteiger partial charge in [0, 0.05) is 13.0 Å². The van der Waals surface area contributed by atoms with Crippen LogP contribution in [0.25, 0.3) is 11.0 Å². The summed E-state index contributed by atoms with van der Waals surface area (Å²) in [5.41, 5.74) is -1.10. The van der Waals surface area contributed by atoms with Gasteiger partial charge in [0.2, 0.25) is 21.4 Å². The van der Waals surface area contributed by atoms with Crippen LogP contribution in [-0.2, 0) is 19.6 Å². The van der Waals surface area contributed by atoms with E-state index in [4.69, 9.17) is 13.9 Å². The number of hydrogen-bond acceptors (Lipinski definition) is 8. The number of benzene rings is 2. The second kappa shape index (κ2) is 8.83. The first-order valence-corrected chi connectivity index (χ1v) is 11.4. The van der Waals surface area contributed by atoms with Crippen molar-refractivity contribution in [2.45, 2.75) is 20.8 Å². The molecule has 0 aliphatic rings. The van der Waals surface area contributed by atoms with Crippen molar-refractivity contribution in [1.29, 1.82) is 0 Å². The van der Waals surface area contributed by atoms with Gasteiger partial charge in [0.15, 0.2) is 5.75 Å². The van der Waals surface area contributed by atoms with Gasteiger partial charge in [0.05, 0.1) is 18.2 Å². The number of carbonyl (C=O) groups excluding carboxylic acids is 2. The average molecular weight is 459 g/mol. The quantitative estimate of drug-likeness (QED) is 0.515. The summed E-state index contributed by atoms with van der Waals surface area (Å²) >= 11 is 0. The van der Waals surface area contributed by atoms with Gasteiger partial charge in [-0.3, -0.25) is 9.59 Å². The minimum absolute atomic E-state index is 0.00245. The maximum Gasteiger partial charge on any atom is 0.345 e. The lowest BCUT2D eigenvalue weighted by Gasteiger charge is -2.22. The summed E-state index contributed by atoms with van der Waals surface area (Å²) in [6.07, 6.45) is 0.871. The number of carbonyl (C=O) groups is 2. The standard InChI is InChI=1S/C22H21NO8S/c1-5-29-22(26)20-13(2)30-18-12-17(23(14(3)24)32(4,27)28)19(11-16(18)21(20)25)31-15-9-7-6-8-10-15/h6-12H,5H2,1-4H3. The van der Waals surface area contributed by atoms with Crippen LogP contribution in [0.3, 0.4) is 0 Å². The Labute approximate surface area is 184 Å². The maximum atomic E-state index is 13.1. The largest absolute Gasteiger partial charge is 0.462 e. The van der Waals surface area contributed by atoms with E-state index >= 15 is 0 Å². The third kappa shape index (κ3) is 4.50. The van der Waals surface area contributed by atoms with Crippen LogP contribution in [0.4, 0.5) is 5.69 Å². The van der Waals surface area contributed by atoms with E-state index in [0.717, 1.165) is 13.2 Å². The molecule has 168 valence electrons. The van der Waals surface area contributed by atoms with E-state index < -0.39 is 27.3 Å². The molecule has 3 aromatic rings. The molecule has 0 N–H and O–H groups in total. The van der Waals surface area contributed by atoms with Crippen LogP contribution in [0.1, 0.15) is 30.0 Å². The second-order valence-electron chi connectivity index (χ2n) is 6.86. The molecule has 9 nitrogen and oxygen atoms in total. The Bertz CT molecular complexity index is 1360. The molecule has 0 aliphatic carbocycles. The molecule has 0 radical (unpaired) electrons. The fraction of sp³-hybridized carbons (Fsp3) is 0.227. The van der Waals surface area contributed by atoms with Gasteiger partial charge in [-0.2, -0.15) is 0 Å². The van der Waals surface area contributed by atoms with E-state index in [1.54, 1.807) is 37.3 Å². The lowest BCUT2D eigenvalue weighted by molar-refractivity contribution is -0.115. The SMILES string of the molecule is CCOC(=O)c1c(C)oc2cc(N(C(C)=O)S(C)(=O)=O)c(Oc3ccccc3)cc2c1=O. The van der Waals surface area contributed by atoms with Crippen molar-refractivity contribution < 1.29 is 31.9 Å². The Hall–Kier alpha value is -3.66. The first kappa shape index (κ1) is 23.0. The average Bonchev–Trinajstić information content (AvgIpc) is 2.68. The summed E-state index contributed by atoms with van der Waals surface area (Å²) in [5.74, 6) is -1.37. The first-order chi connectivity index (χ1) is 15.0. The van der Waals surface area contributed by atoms with Crippen LogP contribution >= 0.6 is 0 Å².